The van der Waals surface area contributed by atoms with Crippen LogP contribution in [0.2, 0.25) is 0 Å². The van der Waals surface area contributed by atoms with Crippen molar-refractivity contribution in [2.45, 2.75) is 6.92 Å². The standard InChI is InChI=1S/C12H10N2O3S2/c1-7-6-18-12(13-7)14-11(17)9-4-2-8(19-9)3-5-10(15)16/h2-6H,1H3,(H,15,16)(H,13,14,17). The topological polar surface area (TPSA) is 79.3 Å². The predicted molar refractivity (Wildman–Crippen MR) is 75.8 cm³/mol. The van der Waals surface area contributed by atoms with Crippen molar-refractivity contribution in [3.8, 4) is 0 Å². The van der Waals surface area contributed by atoms with Crippen LogP contribution in [0.25, 0.3) is 6.08 Å². The summed E-state index contributed by atoms with van der Waals surface area (Å²) in [5.74, 6) is -1.26. The Hall–Kier alpha value is -1.99. The zero-order valence-corrected chi connectivity index (χ0v) is 11.5. The zero-order chi connectivity index (χ0) is 13.8. The Morgan fingerprint density at radius 1 is 1.42 bits per heavy atom. The van der Waals surface area contributed by atoms with Gasteiger partial charge in [0.15, 0.2) is 5.13 Å². The molecule has 5 nitrogen and oxygen atoms in total. The zero-order valence-electron chi connectivity index (χ0n) is 9.91. The van der Waals surface area contributed by atoms with Gasteiger partial charge in [0.1, 0.15) is 0 Å². The number of carboxylic acid groups (broad SMARTS) is 1. The van der Waals surface area contributed by atoms with E-state index in [1.54, 1.807) is 12.1 Å². The van der Waals surface area contributed by atoms with Crippen LogP contribution >= 0.6 is 22.7 Å². The van der Waals surface area contributed by atoms with Crippen molar-refractivity contribution in [1.82, 2.24) is 4.98 Å². The van der Waals surface area contributed by atoms with E-state index in [1.165, 1.54) is 28.7 Å². The summed E-state index contributed by atoms with van der Waals surface area (Å²) in [5, 5.41) is 13.6. The summed E-state index contributed by atoms with van der Waals surface area (Å²) in [4.78, 5) is 27.7. The highest BCUT2D eigenvalue weighted by molar-refractivity contribution is 7.15. The van der Waals surface area contributed by atoms with Crippen LogP contribution in [0.5, 0.6) is 0 Å². The average molecular weight is 294 g/mol. The lowest BCUT2D eigenvalue weighted by Gasteiger charge is -1.97. The highest BCUT2D eigenvalue weighted by Gasteiger charge is 2.10. The summed E-state index contributed by atoms with van der Waals surface area (Å²) in [6, 6.07) is 3.36. The van der Waals surface area contributed by atoms with E-state index in [9.17, 15) is 9.59 Å². The molecule has 0 saturated carbocycles. The minimum Gasteiger partial charge on any atom is -0.478 e. The number of hydrogen-bond donors (Lipinski definition) is 2. The molecule has 0 aliphatic rings. The molecule has 0 saturated heterocycles. The molecule has 2 aromatic heterocycles. The summed E-state index contributed by atoms with van der Waals surface area (Å²) in [5.41, 5.74) is 0.858. The number of aromatic nitrogens is 1. The highest BCUT2D eigenvalue weighted by atomic mass is 32.1. The largest absolute Gasteiger partial charge is 0.478 e. The van der Waals surface area contributed by atoms with Crippen LogP contribution in [0.3, 0.4) is 0 Å². The predicted octanol–water partition coefficient (Wildman–Crippen LogP) is 2.86. The number of aryl methyl sites for hydroxylation is 1. The minimum absolute atomic E-state index is 0.241. The third-order valence-corrected chi connectivity index (χ3v) is 4.01. The molecule has 0 aromatic carbocycles. The number of thiazole rings is 1. The number of nitrogens with zero attached hydrogens (tertiary/aromatic N) is 1. The van der Waals surface area contributed by atoms with E-state index in [0.717, 1.165) is 11.8 Å². The lowest BCUT2D eigenvalue weighted by Crippen LogP contribution is -2.09. The van der Waals surface area contributed by atoms with Crippen molar-refractivity contribution >= 4 is 45.8 Å². The molecule has 2 N–H and O–H groups in total. The maximum absolute atomic E-state index is 11.9. The first-order valence-corrected chi connectivity index (χ1v) is 6.98. The smallest absolute Gasteiger partial charge is 0.328 e. The quantitative estimate of drug-likeness (QED) is 0.850. The van der Waals surface area contributed by atoms with E-state index in [2.05, 4.69) is 10.3 Å². The molecule has 0 bridgehead atoms. The van der Waals surface area contributed by atoms with Gasteiger partial charge >= 0.3 is 5.97 Å². The van der Waals surface area contributed by atoms with Crippen LogP contribution in [0.4, 0.5) is 5.13 Å². The van der Waals surface area contributed by atoms with E-state index in [1.807, 2.05) is 12.3 Å². The van der Waals surface area contributed by atoms with Crippen LogP contribution in [-0.2, 0) is 4.79 Å². The Labute approximate surface area is 117 Å². The second kappa shape index (κ2) is 5.77. The lowest BCUT2D eigenvalue weighted by molar-refractivity contribution is -0.131. The molecule has 1 amide bonds. The lowest BCUT2D eigenvalue weighted by atomic mass is 10.4. The number of anilines is 1. The second-order valence-electron chi connectivity index (χ2n) is 3.62. The number of carbonyl (C=O) groups excluding carboxylic acids is 1. The molecular weight excluding hydrogens is 284 g/mol. The van der Waals surface area contributed by atoms with Gasteiger partial charge < -0.3 is 5.11 Å². The third-order valence-electron chi connectivity index (χ3n) is 2.08. The first-order valence-electron chi connectivity index (χ1n) is 5.29. The summed E-state index contributed by atoms with van der Waals surface area (Å²) < 4.78 is 0. The molecule has 0 unspecified atom stereocenters. The molecule has 2 rings (SSSR count). The number of amides is 1. The van der Waals surface area contributed by atoms with Gasteiger partial charge in [-0.05, 0) is 25.1 Å². The number of carboxylic acids is 1. The summed E-state index contributed by atoms with van der Waals surface area (Å²) in [6.45, 7) is 1.85. The van der Waals surface area contributed by atoms with Crippen LogP contribution in [0.1, 0.15) is 20.2 Å². The third kappa shape index (κ3) is 3.73. The maximum atomic E-state index is 11.9. The first kappa shape index (κ1) is 13.4. The van der Waals surface area contributed by atoms with E-state index < -0.39 is 5.97 Å². The average Bonchev–Trinajstić information content (AvgIpc) is 2.95. The van der Waals surface area contributed by atoms with Crippen molar-refractivity contribution < 1.29 is 14.7 Å². The monoisotopic (exact) mass is 294 g/mol. The van der Waals surface area contributed by atoms with E-state index in [4.69, 9.17) is 5.11 Å². The molecule has 0 radical (unpaired) electrons. The molecule has 0 spiro atoms. The molecule has 0 aliphatic carbocycles. The van der Waals surface area contributed by atoms with Gasteiger partial charge in [-0.15, -0.1) is 22.7 Å². The van der Waals surface area contributed by atoms with Gasteiger partial charge in [0.2, 0.25) is 0 Å². The molecule has 0 aliphatic heterocycles. The van der Waals surface area contributed by atoms with E-state index in [-0.39, 0.29) is 5.91 Å². The van der Waals surface area contributed by atoms with Crippen molar-refractivity contribution in [3.63, 3.8) is 0 Å². The van der Waals surface area contributed by atoms with Crippen LogP contribution in [0.15, 0.2) is 23.6 Å². The summed E-state index contributed by atoms with van der Waals surface area (Å²) in [6.07, 6.45) is 2.50. The Kier molecular flexibility index (Phi) is 4.08. The SMILES string of the molecule is Cc1csc(NC(=O)c2ccc(C=CC(=O)O)s2)n1. The van der Waals surface area contributed by atoms with Gasteiger partial charge in [0.05, 0.1) is 10.6 Å². The van der Waals surface area contributed by atoms with Crippen molar-refractivity contribution in [1.29, 1.82) is 0 Å². The molecule has 98 valence electrons. The van der Waals surface area contributed by atoms with Gasteiger partial charge in [0, 0.05) is 16.3 Å². The second-order valence-corrected chi connectivity index (χ2v) is 5.60. The van der Waals surface area contributed by atoms with Gasteiger partial charge in [0.25, 0.3) is 5.91 Å². The van der Waals surface area contributed by atoms with Gasteiger partial charge in [-0.1, -0.05) is 0 Å². The molecule has 19 heavy (non-hydrogen) atoms. The Bertz CT molecular complexity index is 643. The number of carbonyl (C=O) groups is 2. The van der Waals surface area contributed by atoms with E-state index in [0.29, 0.717) is 14.9 Å². The molecular formula is C12H10N2O3S2. The number of thiophene rings is 1. The van der Waals surface area contributed by atoms with Crippen LogP contribution in [-0.4, -0.2) is 22.0 Å². The number of aliphatic carboxylic acids is 1. The number of nitrogens with one attached hydrogen (secondary N) is 1. The molecule has 0 atom stereocenters. The fraction of sp³-hybridized carbons (Fsp3) is 0.0833. The van der Waals surface area contributed by atoms with Crippen molar-refractivity contribution in [2.75, 3.05) is 5.32 Å². The fourth-order valence-electron chi connectivity index (χ4n) is 1.29. The number of rotatable bonds is 4. The Morgan fingerprint density at radius 3 is 2.84 bits per heavy atom. The Balaban J connectivity index is 2.06. The minimum atomic E-state index is -1.02. The molecule has 0 fully saturated rings. The fourth-order valence-corrected chi connectivity index (χ4v) is 2.78. The Morgan fingerprint density at radius 2 is 2.21 bits per heavy atom. The highest BCUT2D eigenvalue weighted by Crippen LogP contribution is 2.21. The van der Waals surface area contributed by atoms with Gasteiger partial charge in [-0.3, -0.25) is 10.1 Å². The van der Waals surface area contributed by atoms with Gasteiger partial charge in [-0.25, -0.2) is 9.78 Å². The molecule has 2 heterocycles. The normalized spacial score (nSPS) is 10.8. The summed E-state index contributed by atoms with van der Waals surface area (Å²) in [7, 11) is 0. The molecule has 2 aromatic rings. The number of hydrogen-bond acceptors (Lipinski definition) is 5. The van der Waals surface area contributed by atoms with Gasteiger partial charge in [-0.2, -0.15) is 0 Å². The molecule has 7 heteroatoms. The van der Waals surface area contributed by atoms with Crippen molar-refractivity contribution in [3.05, 3.63) is 39.0 Å². The summed E-state index contributed by atoms with van der Waals surface area (Å²) >= 11 is 2.59. The maximum Gasteiger partial charge on any atom is 0.328 e. The van der Waals surface area contributed by atoms with Crippen LogP contribution in [0, 0.1) is 6.92 Å². The van der Waals surface area contributed by atoms with E-state index >= 15 is 0 Å². The first-order chi connectivity index (χ1) is 9.04. The van der Waals surface area contributed by atoms with Crippen molar-refractivity contribution in [2.24, 2.45) is 0 Å². The van der Waals surface area contributed by atoms with Crippen LogP contribution < -0.4 is 5.32 Å².